The molecule has 2 heterocycles. The van der Waals surface area contributed by atoms with E-state index in [1.165, 1.54) is 12.0 Å². The normalized spacial score (nSPS) is 33.5. The Morgan fingerprint density at radius 2 is 1.90 bits per heavy atom. The number of benzene rings is 1. The summed E-state index contributed by atoms with van der Waals surface area (Å²) in [6.07, 6.45) is -0.896. The molecule has 0 radical (unpaired) electrons. The van der Waals surface area contributed by atoms with Gasteiger partial charge in [-0.15, -0.1) is 0 Å². The molecule has 160 valence electrons. The highest BCUT2D eigenvalue weighted by Gasteiger charge is 2.80. The second-order valence-corrected chi connectivity index (χ2v) is 8.32. The van der Waals surface area contributed by atoms with Crippen molar-refractivity contribution < 1.29 is 28.9 Å². The number of amides is 1. The summed E-state index contributed by atoms with van der Waals surface area (Å²) in [5.41, 5.74) is -2.02. The van der Waals surface area contributed by atoms with Crippen LogP contribution in [0, 0.1) is 11.8 Å². The largest absolute Gasteiger partial charge is 0.457 e. The summed E-state index contributed by atoms with van der Waals surface area (Å²) < 4.78 is 16.7. The molecule has 1 aromatic rings. The number of aliphatic hydroxyl groups is 1. The van der Waals surface area contributed by atoms with Gasteiger partial charge in [-0.05, 0) is 24.8 Å². The van der Waals surface area contributed by atoms with E-state index in [0.717, 1.165) is 5.56 Å². The van der Waals surface area contributed by atoms with Crippen LogP contribution in [0.15, 0.2) is 30.3 Å². The highest BCUT2D eigenvalue weighted by atomic mass is 16.6. The van der Waals surface area contributed by atoms with Gasteiger partial charge in [-0.3, -0.25) is 4.79 Å². The first kappa shape index (κ1) is 21.7. The van der Waals surface area contributed by atoms with Crippen molar-refractivity contribution in [2.45, 2.75) is 57.1 Å². The SMILES string of the molecule is CO[C@@H](C[C@@H](C)COCc1ccccc1)[C@]1(O)[C@@H](C)C(=O)N(C)C12C(=O)OC2C. The van der Waals surface area contributed by atoms with E-state index >= 15 is 0 Å². The smallest absolute Gasteiger partial charge is 0.339 e. The van der Waals surface area contributed by atoms with Crippen molar-refractivity contribution in [2.24, 2.45) is 11.8 Å². The molecule has 2 aliphatic rings. The summed E-state index contributed by atoms with van der Waals surface area (Å²) in [5.74, 6) is -1.61. The quantitative estimate of drug-likeness (QED) is 0.664. The molecule has 3 rings (SSSR count). The minimum Gasteiger partial charge on any atom is -0.457 e. The fraction of sp³-hybridized carbons (Fsp3) is 0.636. The van der Waals surface area contributed by atoms with E-state index < -0.39 is 35.2 Å². The lowest BCUT2D eigenvalue weighted by Crippen LogP contribution is -2.80. The second kappa shape index (κ2) is 8.05. The number of rotatable bonds is 8. The van der Waals surface area contributed by atoms with Crippen molar-refractivity contribution in [2.75, 3.05) is 20.8 Å². The third kappa shape index (κ3) is 3.16. The van der Waals surface area contributed by atoms with Crippen molar-refractivity contribution >= 4 is 11.9 Å². The summed E-state index contributed by atoms with van der Waals surface area (Å²) in [4.78, 5) is 26.6. The molecular formula is C22H31NO6. The zero-order valence-electron chi connectivity index (χ0n) is 17.8. The summed E-state index contributed by atoms with van der Waals surface area (Å²) in [6, 6.07) is 9.89. The first-order valence-electron chi connectivity index (χ1n) is 10.1. The van der Waals surface area contributed by atoms with E-state index in [4.69, 9.17) is 14.2 Å². The molecule has 0 bridgehead atoms. The summed E-state index contributed by atoms with van der Waals surface area (Å²) in [5, 5.41) is 11.8. The molecule has 1 aromatic carbocycles. The zero-order valence-corrected chi connectivity index (χ0v) is 17.8. The maximum Gasteiger partial charge on any atom is 0.339 e. The predicted molar refractivity (Wildman–Crippen MR) is 106 cm³/mol. The van der Waals surface area contributed by atoms with Gasteiger partial charge >= 0.3 is 5.97 Å². The lowest BCUT2D eigenvalue weighted by atomic mass is 9.65. The highest BCUT2D eigenvalue weighted by molar-refractivity contribution is 5.99. The Bertz CT molecular complexity index is 755. The third-order valence-corrected chi connectivity index (χ3v) is 6.59. The van der Waals surface area contributed by atoms with Crippen molar-refractivity contribution in [3.05, 3.63) is 35.9 Å². The minimum absolute atomic E-state index is 0.0457. The first-order chi connectivity index (χ1) is 13.7. The molecule has 1 amide bonds. The van der Waals surface area contributed by atoms with Crippen molar-refractivity contribution in [1.29, 1.82) is 0 Å². The second-order valence-electron chi connectivity index (χ2n) is 8.32. The molecule has 2 unspecified atom stereocenters. The van der Waals surface area contributed by atoms with Gasteiger partial charge in [0.1, 0.15) is 11.7 Å². The molecule has 6 atom stereocenters. The molecular weight excluding hydrogens is 374 g/mol. The van der Waals surface area contributed by atoms with Gasteiger partial charge in [-0.2, -0.15) is 0 Å². The van der Waals surface area contributed by atoms with Crippen LogP contribution in [0.5, 0.6) is 0 Å². The molecule has 0 aromatic heterocycles. The molecule has 2 aliphatic heterocycles. The van der Waals surface area contributed by atoms with Crippen LogP contribution in [0.2, 0.25) is 0 Å². The van der Waals surface area contributed by atoms with Crippen LogP contribution in [0.1, 0.15) is 32.8 Å². The van der Waals surface area contributed by atoms with Gasteiger partial charge in [0, 0.05) is 20.8 Å². The zero-order chi connectivity index (χ0) is 21.4. The number of ether oxygens (including phenoxy) is 3. The van der Waals surface area contributed by atoms with Crippen LogP contribution < -0.4 is 0 Å². The van der Waals surface area contributed by atoms with Gasteiger partial charge in [0.15, 0.2) is 0 Å². The van der Waals surface area contributed by atoms with Crippen LogP contribution in [0.4, 0.5) is 0 Å². The van der Waals surface area contributed by atoms with E-state index in [1.807, 2.05) is 37.3 Å². The number of cyclic esters (lactones) is 1. The van der Waals surface area contributed by atoms with E-state index in [2.05, 4.69) is 0 Å². The lowest BCUT2D eigenvalue weighted by Gasteiger charge is -2.55. The van der Waals surface area contributed by atoms with Gasteiger partial charge in [0.05, 0.1) is 18.6 Å². The average molecular weight is 405 g/mol. The molecule has 0 aliphatic carbocycles. The highest BCUT2D eigenvalue weighted by Crippen LogP contribution is 2.54. The predicted octanol–water partition coefficient (Wildman–Crippen LogP) is 1.77. The molecule has 29 heavy (non-hydrogen) atoms. The van der Waals surface area contributed by atoms with Crippen molar-refractivity contribution in [1.82, 2.24) is 4.90 Å². The monoisotopic (exact) mass is 405 g/mol. The molecule has 2 fully saturated rings. The number of hydrogen-bond acceptors (Lipinski definition) is 6. The summed E-state index contributed by atoms with van der Waals surface area (Å²) in [6.45, 7) is 6.32. The van der Waals surface area contributed by atoms with Crippen LogP contribution in [-0.4, -0.2) is 66.0 Å². The number of likely N-dealkylation sites (N-methyl/N-ethyl adjacent to an activating group) is 1. The number of methoxy groups -OCH3 is 1. The maximum atomic E-state index is 12.7. The number of hydrogen-bond donors (Lipinski definition) is 1. The van der Waals surface area contributed by atoms with E-state index in [-0.39, 0.29) is 11.8 Å². The molecule has 1 N–H and O–H groups in total. The number of carbonyl (C=O) groups excluding carboxylic acids is 2. The van der Waals surface area contributed by atoms with E-state index in [9.17, 15) is 14.7 Å². The number of esters is 1. The Kier molecular flexibility index (Phi) is 6.03. The van der Waals surface area contributed by atoms with Gasteiger partial charge in [0.25, 0.3) is 0 Å². The van der Waals surface area contributed by atoms with Crippen LogP contribution in [-0.2, 0) is 30.4 Å². The Labute approximate surface area is 171 Å². The fourth-order valence-corrected chi connectivity index (χ4v) is 4.96. The van der Waals surface area contributed by atoms with Gasteiger partial charge < -0.3 is 24.2 Å². The van der Waals surface area contributed by atoms with Crippen molar-refractivity contribution in [3.63, 3.8) is 0 Å². The van der Waals surface area contributed by atoms with Gasteiger partial charge in [-0.25, -0.2) is 4.79 Å². The maximum absolute atomic E-state index is 12.7. The molecule has 2 saturated heterocycles. The van der Waals surface area contributed by atoms with Crippen LogP contribution in [0.3, 0.4) is 0 Å². The number of carbonyl (C=O) groups is 2. The molecule has 7 nitrogen and oxygen atoms in total. The Morgan fingerprint density at radius 1 is 1.24 bits per heavy atom. The van der Waals surface area contributed by atoms with Gasteiger partial charge in [0.2, 0.25) is 11.4 Å². The van der Waals surface area contributed by atoms with Crippen LogP contribution >= 0.6 is 0 Å². The lowest BCUT2D eigenvalue weighted by molar-refractivity contribution is -0.254. The van der Waals surface area contributed by atoms with E-state index in [0.29, 0.717) is 19.6 Å². The first-order valence-corrected chi connectivity index (χ1v) is 10.1. The molecule has 7 heteroatoms. The van der Waals surface area contributed by atoms with Gasteiger partial charge in [-0.1, -0.05) is 44.2 Å². The molecule has 1 spiro atoms. The molecule has 0 saturated carbocycles. The number of nitrogens with zero attached hydrogens (tertiary/aromatic N) is 1. The summed E-state index contributed by atoms with van der Waals surface area (Å²) in [7, 11) is 3.05. The minimum atomic E-state index is -1.68. The third-order valence-electron chi connectivity index (χ3n) is 6.59. The Morgan fingerprint density at radius 3 is 2.45 bits per heavy atom. The number of likely N-dealkylation sites (tertiary alicyclic amines) is 1. The Hall–Kier alpha value is -1.96. The topological polar surface area (TPSA) is 85.3 Å². The van der Waals surface area contributed by atoms with Crippen LogP contribution in [0.25, 0.3) is 0 Å². The standard InChI is InChI=1S/C22H31NO6/c1-14(12-28-13-17-9-7-6-8-10-17)11-18(27-5)22(26)15(2)19(24)23(4)21(22)16(3)29-20(21)25/h6-10,14-16,18,26H,11-13H2,1-5H3/t14-,15+,16?,18+,21?,22-/m1/s1. The fourth-order valence-electron chi connectivity index (χ4n) is 4.96. The average Bonchev–Trinajstić information content (AvgIpc) is 2.87. The Balaban J connectivity index is 1.73. The van der Waals surface area contributed by atoms with Crippen molar-refractivity contribution in [3.8, 4) is 0 Å². The van der Waals surface area contributed by atoms with E-state index in [1.54, 1.807) is 20.9 Å². The summed E-state index contributed by atoms with van der Waals surface area (Å²) >= 11 is 0.